The summed E-state index contributed by atoms with van der Waals surface area (Å²) >= 11 is 0. The molecule has 0 atom stereocenters. The molecule has 0 saturated heterocycles. The third-order valence-corrected chi connectivity index (χ3v) is 2.66. The number of rotatable bonds is 3. The van der Waals surface area contributed by atoms with Gasteiger partial charge in [-0.15, -0.1) is 5.10 Å². The molecule has 3 rings (SSSR count). The van der Waals surface area contributed by atoms with E-state index in [1.807, 2.05) is 30.3 Å². The molecule has 0 bridgehead atoms. The minimum Gasteiger partial charge on any atom is -0.403 e. The van der Waals surface area contributed by atoms with Gasteiger partial charge in [0.2, 0.25) is 11.8 Å². The summed E-state index contributed by atoms with van der Waals surface area (Å²) in [6, 6.07) is 11.5. The molecule has 0 saturated carbocycles. The quantitative estimate of drug-likeness (QED) is 0.747. The number of carbonyl (C=O) groups is 1. The van der Waals surface area contributed by atoms with Crippen LogP contribution in [0.1, 0.15) is 10.4 Å². The molecule has 104 valence electrons. The first-order chi connectivity index (χ1) is 10.2. The molecule has 0 aliphatic carbocycles. The molecular formula is C14H9FN4O2. The Hall–Kier alpha value is -3.09. The second-order valence-corrected chi connectivity index (χ2v) is 4.10. The smallest absolute Gasteiger partial charge is 0.322 e. The maximum atomic E-state index is 12.7. The highest BCUT2D eigenvalue weighted by molar-refractivity contribution is 6.02. The second-order valence-electron chi connectivity index (χ2n) is 4.10. The summed E-state index contributed by atoms with van der Waals surface area (Å²) < 4.78 is 18.0. The van der Waals surface area contributed by atoms with Gasteiger partial charge in [-0.25, -0.2) is 4.98 Å². The maximum absolute atomic E-state index is 12.7. The van der Waals surface area contributed by atoms with Crippen LogP contribution >= 0.6 is 0 Å². The van der Waals surface area contributed by atoms with Gasteiger partial charge in [0.05, 0.1) is 5.56 Å². The van der Waals surface area contributed by atoms with Gasteiger partial charge in [0.25, 0.3) is 5.91 Å². The largest absolute Gasteiger partial charge is 0.403 e. The number of carbonyl (C=O) groups excluding carboxylic acids is 1. The maximum Gasteiger partial charge on any atom is 0.322 e. The molecule has 0 aliphatic rings. The van der Waals surface area contributed by atoms with Gasteiger partial charge >= 0.3 is 6.01 Å². The lowest BCUT2D eigenvalue weighted by Crippen LogP contribution is -2.12. The molecule has 6 nitrogen and oxygen atoms in total. The van der Waals surface area contributed by atoms with E-state index in [1.54, 1.807) is 0 Å². The number of anilines is 1. The molecule has 0 fully saturated rings. The van der Waals surface area contributed by atoms with Gasteiger partial charge < -0.3 is 4.42 Å². The van der Waals surface area contributed by atoms with Crippen LogP contribution in [0.4, 0.5) is 10.4 Å². The Morgan fingerprint density at radius 3 is 2.62 bits per heavy atom. The number of nitrogens with one attached hydrogen (secondary N) is 1. The van der Waals surface area contributed by atoms with E-state index in [-0.39, 0.29) is 11.6 Å². The van der Waals surface area contributed by atoms with Crippen LogP contribution in [0, 0.1) is 5.95 Å². The number of benzene rings is 1. The second kappa shape index (κ2) is 5.49. The van der Waals surface area contributed by atoms with Crippen LogP contribution in [0.3, 0.4) is 0 Å². The summed E-state index contributed by atoms with van der Waals surface area (Å²) in [6.07, 6.45) is 1.12. The van der Waals surface area contributed by atoms with Gasteiger partial charge in [-0.2, -0.15) is 4.39 Å². The molecule has 2 heterocycles. The van der Waals surface area contributed by atoms with Crippen LogP contribution in [-0.2, 0) is 0 Å². The Morgan fingerprint density at radius 2 is 1.90 bits per heavy atom. The van der Waals surface area contributed by atoms with E-state index in [0.29, 0.717) is 5.89 Å². The van der Waals surface area contributed by atoms with E-state index < -0.39 is 11.9 Å². The predicted molar refractivity (Wildman–Crippen MR) is 71.9 cm³/mol. The van der Waals surface area contributed by atoms with E-state index in [9.17, 15) is 9.18 Å². The minimum absolute atomic E-state index is 0.0387. The van der Waals surface area contributed by atoms with Crippen LogP contribution in [0.25, 0.3) is 11.5 Å². The number of pyridine rings is 1. The fourth-order valence-corrected chi connectivity index (χ4v) is 1.65. The van der Waals surface area contributed by atoms with Crippen molar-refractivity contribution in [1.82, 2.24) is 15.2 Å². The van der Waals surface area contributed by atoms with Crippen LogP contribution in [-0.4, -0.2) is 21.1 Å². The zero-order valence-corrected chi connectivity index (χ0v) is 10.7. The third-order valence-electron chi connectivity index (χ3n) is 2.66. The Balaban J connectivity index is 1.75. The zero-order chi connectivity index (χ0) is 14.7. The van der Waals surface area contributed by atoms with Gasteiger partial charge in [-0.3, -0.25) is 10.1 Å². The molecule has 0 spiro atoms. The number of hydrogen-bond acceptors (Lipinski definition) is 5. The van der Waals surface area contributed by atoms with Gasteiger partial charge in [0.15, 0.2) is 0 Å². The highest BCUT2D eigenvalue weighted by Crippen LogP contribution is 2.19. The zero-order valence-electron chi connectivity index (χ0n) is 10.7. The van der Waals surface area contributed by atoms with Crippen molar-refractivity contribution in [1.29, 1.82) is 0 Å². The lowest BCUT2D eigenvalue weighted by Gasteiger charge is -1.99. The van der Waals surface area contributed by atoms with Crippen molar-refractivity contribution in [2.75, 3.05) is 5.32 Å². The summed E-state index contributed by atoms with van der Waals surface area (Å²) in [4.78, 5) is 15.3. The lowest BCUT2D eigenvalue weighted by molar-refractivity contribution is 0.102. The SMILES string of the molecule is O=C(Nc1nnc(-c2ccccc2)o1)c1ccc(F)nc1. The Bertz CT molecular complexity index is 756. The van der Waals surface area contributed by atoms with Crippen molar-refractivity contribution in [2.24, 2.45) is 0 Å². The van der Waals surface area contributed by atoms with Crippen molar-refractivity contribution < 1.29 is 13.6 Å². The monoisotopic (exact) mass is 284 g/mol. The summed E-state index contributed by atoms with van der Waals surface area (Å²) in [5, 5.41) is 10.00. The molecular weight excluding hydrogens is 275 g/mol. The van der Waals surface area contributed by atoms with Gasteiger partial charge in [0.1, 0.15) is 0 Å². The molecule has 0 aliphatic heterocycles. The van der Waals surface area contributed by atoms with Crippen LogP contribution in [0.15, 0.2) is 53.1 Å². The van der Waals surface area contributed by atoms with E-state index in [4.69, 9.17) is 4.42 Å². The van der Waals surface area contributed by atoms with E-state index in [2.05, 4.69) is 20.5 Å². The summed E-state index contributed by atoms with van der Waals surface area (Å²) in [7, 11) is 0. The topological polar surface area (TPSA) is 80.9 Å². The number of halogens is 1. The van der Waals surface area contributed by atoms with E-state index in [1.165, 1.54) is 6.07 Å². The number of hydrogen-bond donors (Lipinski definition) is 1. The lowest BCUT2D eigenvalue weighted by atomic mass is 10.2. The molecule has 0 unspecified atom stereocenters. The molecule has 1 amide bonds. The average molecular weight is 284 g/mol. The number of nitrogens with zero attached hydrogens (tertiary/aromatic N) is 3. The Morgan fingerprint density at radius 1 is 1.10 bits per heavy atom. The van der Waals surface area contributed by atoms with Crippen molar-refractivity contribution >= 4 is 11.9 Å². The number of aromatic nitrogens is 3. The van der Waals surface area contributed by atoms with Gasteiger partial charge in [0, 0.05) is 11.8 Å². The van der Waals surface area contributed by atoms with Crippen LogP contribution in [0.2, 0.25) is 0 Å². The first kappa shape index (κ1) is 12.9. The Kier molecular flexibility index (Phi) is 3.38. The fourth-order valence-electron chi connectivity index (χ4n) is 1.65. The van der Waals surface area contributed by atoms with Crippen LogP contribution < -0.4 is 5.32 Å². The molecule has 1 aromatic carbocycles. The molecule has 2 aromatic heterocycles. The molecule has 21 heavy (non-hydrogen) atoms. The van der Waals surface area contributed by atoms with Gasteiger partial charge in [-0.1, -0.05) is 23.3 Å². The summed E-state index contributed by atoms with van der Waals surface area (Å²) in [5.41, 5.74) is 0.935. The molecule has 3 aromatic rings. The van der Waals surface area contributed by atoms with Crippen molar-refractivity contribution in [2.45, 2.75) is 0 Å². The highest BCUT2D eigenvalue weighted by atomic mass is 19.1. The van der Waals surface area contributed by atoms with Crippen LogP contribution in [0.5, 0.6) is 0 Å². The minimum atomic E-state index is -0.657. The first-order valence-electron chi connectivity index (χ1n) is 6.04. The standard InChI is InChI=1S/C14H9FN4O2/c15-11-7-6-10(8-16-11)12(20)17-14-19-18-13(21-14)9-4-2-1-3-5-9/h1-8H,(H,17,19,20). The highest BCUT2D eigenvalue weighted by Gasteiger charge is 2.12. The summed E-state index contributed by atoms with van der Waals surface area (Å²) in [5.74, 6) is -0.871. The fraction of sp³-hybridized carbons (Fsp3) is 0. The van der Waals surface area contributed by atoms with Gasteiger partial charge in [-0.05, 0) is 24.3 Å². The molecule has 7 heteroatoms. The van der Waals surface area contributed by atoms with Crippen molar-refractivity contribution in [3.8, 4) is 11.5 Å². The predicted octanol–water partition coefficient (Wildman–Crippen LogP) is 2.52. The van der Waals surface area contributed by atoms with E-state index >= 15 is 0 Å². The number of amides is 1. The average Bonchev–Trinajstić information content (AvgIpc) is 2.97. The van der Waals surface area contributed by atoms with Crippen molar-refractivity contribution in [3.63, 3.8) is 0 Å². The normalized spacial score (nSPS) is 10.3. The molecule has 0 radical (unpaired) electrons. The van der Waals surface area contributed by atoms with Crippen molar-refractivity contribution in [3.05, 3.63) is 60.2 Å². The third kappa shape index (κ3) is 2.92. The first-order valence-corrected chi connectivity index (χ1v) is 6.04. The van der Waals surface area contributed by atoms with E-state index in [0.717, 1.165) is 17.8 Å². The molecule has 1 N–H and O–H groups in total. The Labute approximate surface area is 118 Å². The summed E-state index contributed by atoms with van der Waals surface area (Å²) in [6.45, 7) is 0.